The number of nitrogens with one attached hydrogen (secondary N) is 1. The van der Waals surface area contributed by atoms with Gasteiger partial charge >= 0.3 is 0 Å². The van der Waals surface area contributed by atoms with Gasteiger partial charge in [0, 0.05) is 0 Å². The summed E-state index contributed by atoms with van der Waals surface area (Å²) in [5.41, 5.74) is 5.93. The maximum absolute atomic E-state index is 10.6. The molecule has 0 amide bonds. The summed E-state index contributed by atoms with van der Waals surface area (Å²) in [6.45, 7) is 0. The fourth-order valence-corrected chi connectivity index (χ4v) is 1.36. The zero-order valence-electron chi connectivity index (χ0n) is 6.67. The number of aromatic amines is 1. The highest BCUT2D eigenvalue weighted by molar-refractivity contribution is 7.71. The van der Waals surface area contributed by atoms with Gasteiger partial charge in [0.1, 0.15) is 5.52 Å². The Morgan fingerprint density at radius 3 is 3.07 bits per heavy atom. The second-order valence-corrected chi connectivity index (χ2v) is 2.81. The molecule has 8 nitrogen and oxygen atoms in total. The SMILES string of the molecule is Nc1nc2nc[nH]c2c(=S)n1[N+](=O)[O-]. The summed E-state index contributed by atoms with van der Waals surface area (Å²) in [4.78, 5) is 20.7. The molecule has 3 N–H and O–H groups in total. The number of nitrogens with zero attached hydrogens (tertiary/aromatic N) is 4. The molecule has 0 aliphatic heterocycles. The van der Waals surface area contributed by atoms with Crippen molar-refractivity contribution >= 4 is 29.3 Å². The van der Waals surface area contributed by atoms with Crippen LogP contribution in [0.1, 0.15) is 0 Å². The van der Waals surface area contributed by atoms with Crippen molar-refractivity contribution < 1.29 is 5.03 Å². The molecule has 9 heteroatoms. The van der Waals surface area contributed by atoms with Gasteiger partial charge in [-0.05, 0) is 4.68 Å². The zero-order valence-corrected chi connectivity index (χ0v) is 7.48. The van der Waals surface area contributed by atoms with Crippen LogP contribution in [0.5, 0.6) is 0 Å². The molecule has 2 heterocycles. The lowest BCUT2D eigenvalue weighted by atomic mass is 10.5. The number of H-pyrrole nitrogens is 1. The molecule has 0 fully saturated rings. The highest BCUT2D eigenvalue weighted by Gasteiger charge is 2.14. The number of imidazole rings is 1. The van der Waals surface area contributed by atoms with Crippen LogP contribution in [0.3, 0.4) is 0 Å². The van der Waals surface area contributed by atoms with E-state index in [0.29, 0.717) is 10.2 Å². The number of fused-ring (bicyclic) bond motifs is 1. The minimum atomic E-state index is -0.731. The first-order valence-electron chi connectivity index (χ1n) is 3.47. The van der Waals surface area contributed by atoms with Crippen LogP contribution in [0.15, 0.2) is 6.33 Å². The molecule has 2 rings (SSSR count). The predicted molar refractivity (Wildman–Crippen MR) is 49.5 cm³/mol. The third-order valence-electron chi connectivity index (χ3n) is 1.63. The molecular formula is C5H4N6O2S. The Hall–Kier alpha value is -2.03. The van der Waals surface area contributed by atoms with Crippen LogP contribution in [0.25, 0.3) is 11.2 Å². The summed E-state index contributed by atoms with van der Waals surface area (Å²) in [5, 5.41) is 9.82. The van der Waals surface area contributed by atoms with E-state index in [4.69, 9.17) is 18.0 Å². The molecule has 0 bridgehead atoms. The van der Waals surface area contributed by atoms with Gasteiger partial charge in [-0.25, -0.2) is 15.1 Å². The molecule has 0 atom stereocenters. The van der Waals surface area contributed by atoms with Crippen LogP contribution in [0.2, 0.25) is 0 Å². The number of aromatic nitrogens is 4. The van der Waals surface area contributed by atoms with Gasteiger partial charge in [0.05, 0.1) is 6.33 Å². The lowest BCUT2D eigenvalue weighted by Crippen LogP contribution is -2.16. The van der Waals surface area contributed by atoms with E-state index >= 15 is 0 Å². The molecule has 0 saturated carbocycles. The second kappa shape index (κ2) is 2.73. The first-order valence-corrected chi connectivity index (χ1v) is 3.88. The van der Waals surface area contributed by atoms with Gasteiger partial charge in [0.15, 0.2) is 10.7 Å². The van der Waals surface area contributed by atoms with Gasteiger partial charge in [-0.2, -0.15) is 4.98 Å². The Morgan fingerprint density at radius 1 is 1.71 bits per heavy atom. The fourth-order valence-electron chi connectivity index (χ4n) is 1.05. The van der Waals surface area contributed by atoms with E-state index in [2.05, 4.69) is 15.0 Å². The van der Waals surface area contributed by atoms with E-state index in [1.807, 2.05) is 0 Å². The van der Waals surface area contributed by atoms with Crippen molar-refractivity contribution in [3.8, 4) is 0 Å². The van der Waals surface area contributed by atoms with E-state index < -0.39 is 5.03 Å². The maximum Gasteiger partial charge on any atom is 0.268 e. The number of hydrogen-bond acceptors (Lipinski definition) is 6. The molecule has 72 valence electrons. The molecule has 0 spiro atoms. The molecule has 0 radical (unpaired) electrons. The molecule has 0 aliphatic rings. The highest BCUT2D eigenvalue weighted by Crippen LogP contribution is 2.11. The van der Waals surface area contributed by atoms with Gasteiger partial charge < -0.3 is 10.7 Å². The summed E-state index contributed by atoms with van der Waals surface area (Å²) in [5.74, 6) is -0.292. The van der Waals surface area contributed by atoms with Gasteiger partial charge in [-0.15, -0.1) is 0 Å². The smallest absolute Gasteiger partial charge is 0.268 e. The zero-order chi connectivity index (χ0) is 10.3. The van der Waals surface area contributed by atoms with E-state index in [1.165, 1.54) is 6.33 Å². The Kier molecular flexibility index (Phi) is 1.67. The van der Waals surface area contributed by atoms with Crippen molar-refractivity contribution in [1.82, 2.24) is 19.6 Å². The Balaban J connectivity index is 2.97. The van der Waals surface area contributed by atoms with Crippen molar-refractivity contribution in [1.29, 1.82) is 0 Å². The largest absolute Gasteiger partial charge is 0.364 e. The second-order valence-electron chi connectivity index (χ2n) is 2.43. The summed E-state index contributed by atoms with van der Waals surface area (Å²) >= 11 is 4.84. The molecule has 0 saturated heterocycles. The topological polar surface area (TPSA) is 116 Å². The number of nitrogen functional groups attached to an aromatic ring is 1. The predicted octanol–water partition coefficient (Wildman–Crippen LogP) is 0.111. The summed E-state index contributed by atoms with van der Waals surface area (Å²) in [7, 11) is 0. The first-order chi connectivity index (χ1) is 6.61. The molecule has 0 unspecified atom stereocenters. The summed E-state index contributed by atoms with van der Waals surface area (Å²) < 4.78 is 0.477. The van der Waals surface area contributed by atoms with Crippen molar-refractivity contribution in [3.05, 3.63) is 21.1 Å². The number of anilines is 1. The van der Waals surface area contributed by atoms with Crippen LogP contribution in [0, 0.1) is 14.8 Å². The Labute approximate surface area is 81.5 Å². The van der Waals surface area contributed by atoms with Crippen LogP contribution in [-0.4, -0.2) is 24.7 Å². The average molecular weight is 212 g/mol. The van der Waals surface area contributed by atoms with Crippen molar-refractivity contribution in [2.45, 2.75) is 0 Å². The minimum Gasteiger partial charge on any atom is -0.364 e. The third kappa shape index (κ3) is 1.03. The Bertz CT molecular complexity index is 571. The fraction of sp³-hybridized carbons (Fsp3) is 0. The minimum absolute atomic E-state index is 0.0463. The monoisotopic (exact) mass is 212 g/mol. The maximum atomic E-state index is 10.6. The van der Waals surface area contributed by atoms with Crippen LogP contribution < -0.4 is 5.73 Å². The number of nitrogens with two attached hydrogens (primary N) is 1. The van der Waals surface area contributed by atoms with E-state index in [-0.39, 0.29) is 16.2 Å². The van der Waals surface area contributed by atoms with Crippen molar-refractivity contribution in [2.75, 3.05) is 5.73 Å². The first kappa shape index (κ1) is 8.56. The lowest BCUT2D eigenvalue weighted by Gasteiger charge is -1.98. The normalized spacial score (nSPS) is 10.6. The molecular weight excluding hydrogens is 208 g/mol. The molecule has 0 aromatic carbocycles. The van der Waals surface area contributed by atoms with Crippen LogP contribution in [0.4, 0.5) is 5.95 Å². The molecule has 14 heavy (non-hydrogen) atoms. The highest BCUT2D eigenvalue weighted by atomic mass is 32.1. The van der Waals surface area contributed by atoms with Gasteiger partial charge in [-0.3, -0.25) is 0 Å². The number of rotatable bonds is 1. The lowest BCUT2D eigenvalue weighted by molar-refractivity contribution is -0.541. The van der Waals surface area contributed by atoms with E-state index in [9.17, 15) is 10.1 Å². The standard InChI is InChI=1S/C5H4N6O2S/c6-5-9-3-2(7-1-8-3)4(14)10(5)11(12)13/h1H,(H2,6,9)(H,7,8). The molecule has 2 aromatic rings. The molecule has 2 aromatic heterocycles. The molecule has 0 aliphatic carbocycles. The third-order valence-corrected chi connectivity index (χ3v) is 2.00. The summed E-state index contributed by atoms with van der Waals surface area (Å²) in [6, 6.07) is 0. The quantitative estimate of drug-likeness (QED) is 0.393. The van der Waals surface area contributed by atoms with Crippen LogP contribution >= 0.6 is 12.2 Å². The average Bonchev–Trinajstić information content (AvgIpc) is 2.50. The van der Waals surface area contributed by atoms with Gasteiger partial charge in [0.2, 0.25) is 4.64 Å². The summed E-state index contributed by atoms with van der Waals surface area (Å²) in [6.07, 6.45) is 1.34. The van der Waals surface area contributed by atoms with Crippen molar-refractivity contribution in [3.63, 3.8) is 0 Å². The van der Waals surface area contributed by atoms with Crippen molar-refractivity contribution in [2.24, 2.45) is 0 Å². The van der Waals surface area contributed by atoms with Gasteiger partial charge in [-0.1, -0.05) is 12.2 Å². The van der Waals surface area contributed by atoms with Crippen LogP contribution in [-0.2, 0) is 0 Å². The Morgan fingerprint density at radius 2 is 2.43 bits per heavy atom. The number of nitro groups is 1. The van der Waals surface area contributed by atoms with Gasteiger partial charge in [0.25, 0.3) is 5.95 Å². The van der Waals surface area contributed by atoms with E-state index in [0.717, 1.165) is 0 Å². The number of hydrogen-bond donors (Lipinski definition) is 2. The van der Waals surface area contributed by atoms with E-state index in [1.54, 1.807) is 0 Å².